The fourth-order valence-corrected chi connectivity index (χ4v) is 3.86. The lowest BCUT2D eigenvalue weighted by Gasteiger charge is -2.21. The Hall–Kier alpha value is -3.06. The first-order chi connectivity index (χ1) is 14.6. The van der Waals surface area contributed by atoms with E-state index in [0.717, 1.165) is 18.5 Å². The van der Waals surface area contributed by atoms with Gasteiger partial charge < -0.3 is 20.1 Å². The van der Waals surface area contributed by atoms with Gasteiger partial charge in [-0.25, -0.2) is 0 Å². The molecule has 2 aromatic carbocycles. The second kappa shape index (κ2) is 9.17. The van der Waals surface area contributed by atoms with E-state index in [1.807, 2.05) is 13.0 Å². The summed E-state index contributed by atoms with van der Waals surface area (Å²) in [7, 11) is 0. The number of hydrogen-bond donors (Lipinski definition) is 2. The van der Waals surface area contributed by atoms with Crippen LogP contribution in [0.15, 0.2) is 36.4 Å². The normalized spacial score (nSPS) is 14.3. The third-order valence-electron chi connectivity index (χ3n) is 5.39. The van der Waals surface area contributed by atoms with Crippen LogP contribution < -0.4 is 20.1 Å². The maximum Gasteiger partial charge on any atom is 0.238 e. The molecular formula is C23H27N3O4. The van der Waals surface area contributed by atoms with Gasteiger partial charge in [-0.05, 0) is 61.2 Å². The van der Waals surface area contributed by atoms with Crippen LogP contribution in [0.25, 0.3) is 0 Å². The van der Waals surface area contributed by atoms with Gasteiger partial charge in [0.05, 0.1) is 13.1 Å². The van der Waals surface area contributed by atoms with Gasteiger partial charge in [0.2, 0.25) is 11.8 Å². The molecular weight excluding hydrogens is 382 g/mol. The van der Waals surface area contributed by atoms with Gasteiger partial charge in [0.1, 0.15) is 13.2 Å². The van der Waals surface area contributed by atoms with Crippen molar-refractivity contribution in [3.8, 4) is 11.5 Å². The SMILES string of the molecule is CCN(CC(=O)Nc1ccc2c(c1)CCC2)CC(=O)Nc1ccc2c(c1)OCCO2. The van der Waals surface area contributed by atoms with E-state index in [1.54, 1.807) is 23.1 Å². The van der Waals surface area contributed by atoms with E-state index in [0.29, 0.717) is 36.9 Å². The second-order valence-electron chi connectivity index (χ2n) is 7.60. The first kappa shape index (κ1) is 20.2. The molecule has 1 heterocycles. The number of benzene rings is 2. The highest BCUT2D eigenvalue weighted by Crippen LogP contribution is 2.32. The lowest BCUT2D eigenvalue weighted by Crippen LogP contribution is -2.38. The molecule has 0 spiro atoms. The smallest absolute Gasteiger partial charge is 0.238 e. The van der Waals surface area contributed by atoms with Crippen LogP contribution in [-0.4, -0.2) is 49.6 Å². The Morgan fingerprint density at radius 2 is 1.50 bits per heavy atom. The average Bonchev–Trinajstić information content (AvgIpc) is 3.21. The minimum absolute atomic E-state index is 0.123. The summed E-state index contributed by atoms with van der Waals surface area (Å²) < 4.78 is 11.0. The van der Waals surface area contributed by atoms with Crippen molar-refractivity contribution in [2.24, 2.45) is 0 Å². The van der Waals surface area contributed by atoms with Crippen LogP contribution in [0.5, 0.6) is 11.5 Å². The summed E-state index contributed by atoms with van der Waals surface area (Å²) in [4.78, 5) is 26.7. The van der Waals surface area contributed by atoms with Crippen molar-refractivity contribution in [3.63, 3.8) is 0 Å². The van der Waals surface area contributed by atoms with Crippen LogP contribution in [0.3, 0.4) is 0 Å². The van der Waals surface area contributed by atoms with Crippen LogP contribution >= 0.6 is 0 Å². The van der Waals surface area contributed by atoms with Crippen molar-refractivity contribution >= 4 is 23.2 Å². The number of amides is 2. The molecule has 7 nitrogen and oxygen atoms in total. The van der Waals surface area contributed by atoms with Gasteiger partial charge in [-0.1, -0.05) is 13.0 Å². The first-order valence-corrected chi connectivity index (χ1v) is 10.4. The Balaban J connectivity index is 1.29. The molecule has 0 atom stereocenters. The number of likely N-dealkylation sites (N-methyl/N-ethyl adjacent to an activating group) is 1. The highest BCUT2D eigenvalue weighted by atomic mass is 16.6. The molecule has 0 saturated heterocycles. The first-order valence-electron chi connectivity index (χ1n) is 10.4. The number of carbonyl (C=O) groups excluding carboxylic acids is 2. The van der Waals surface area contributed by atoms with Gasteiger partial charge in [0.15, 0.2) is 11.5 Å². The molecule has 2 aromatic rings. The largest absolute Gasteiger partial charge is 0.486 e. The molecule has 1 aliphatic heterocycles. The van der Waals surface area contributed by atoms with Gasteiger partial charge in [-0.2, -0.15) is 0 Å². The van der Waals surface area contributed by atoms with Gasteiger partial charge in [0, 0.05) is 17.4 Å². The van der Waals surface area contributed by atoms with Crippen molar-refractivity contribution in [1.29, 1.82) is 0 Å². The monoisotopic (exact) mass is 409 g/mol. The second-order valence-corrected chi connectivity index (χ2v) is 7.60. The van der Waals surface area contributed by atoms with Gasteiger partial charge in [0.25, 0.3) is 0 Å². The molecule has 0 bridgehead atoms. The summed E-state index contributed by atoms with van der Waals surface area (Å²) >= 11 is 0. The predicted molar refractivity (Wildman–Crippen MR) is 115 cm³/mol. The minimum Gasteiger partial charge on any atom is -0.486 e. The number of fused-ring (bicyclic) bond motifs is 2. The number of carbonyl (C=O) groups is 2. The summed E-state index contributed by atoms with van der Waals surface area (Å²) in [5, 5.41) is 5.81. The van der Waals surface area contributed by atoms with Crippen LogP contribution in [0.4, 0.5) is 11.4 Å². The third kappa shape index (κ3) is 4.91. The summed E-state index contributed by atoms with van der Waals surface area (Å²) in [6.45, 7) is 3.82. The van der Waals surface area contributed by atoms with Crippen LogP contribution in [-0.2, 0) is 22.4 Å². The Morgan fingerprint density at radius 1 is 0.867 bits per heavy atom. The van der Waals surface area contributed by atoms with Crippen molar-refractivity contribution in [2.75, 3.05) is 43.5 Å². The van der Waals surface area contributed by atoms with E-state index in [1.165, 1.54) is 17.5 Å². The molecule has 2 amide bonds. The Bertz CT molecular complexity index is 944. The zero-order valence-corrected chi connectivity index (χ0v) is 17.2. The number of nitrogens with zero attached hydrogens (tertiary/aromatic N) is 1. The standard InChI is InChI=1S/C23H27N3O4/c1-2-26(14-22(27)24-18-7-6-16-4-3-5-17(16)12-18)15-23(28)25-19-8-9-20-21(13-19)30-11-10-29-20/h6-9,12-13H,2-5,10-11,14-15H2,1H3,(H,24,27)(H,25,28). The zero-order valence-electron chi connectivity index (χ0n) is 17.2. The predicted octanol–water partition coefficient (Wildman–Crippen LogP) is 2.85. The van der Waals surface area contributed by atoms with Gasteiger partial charge >= 0.3 is 0 Å². The van der Waals surface area contributed by atoms with Gasteiger partial charge in [-0.15, -0.1) is 0 Å². The molecule has 0 saturated carbocycles. The average molecular weight is 409 g/mol. The molecule has 158 valence electrons. The lowest BCUT2D eigenvalue weighted by atomic mass is 10.1. The summed E-state index contributed by atoms with van der Waals surface area (Å²) in [6.07, 6.45) is 3.36. The van der Waals surface area contributed by atoms with E-state index in [4.69, 9.17) is 9.47 Å². The topological polar surface area (TPSA) is 79.9 Å². The quantitative estimate of drug-likeness (QED) is 0.735. The molecule has 2 N–H and O–H groups in total. The highest BCUT2D eigenvalue weighted by molar-refractivity contribution is 5.95. The maximum absolute atomic E-state index is 12.5. The number of hydrogen-bond acceptors (Lipinski definition) is 5. The molecule has 0 fully saturated rings. The van der Waals surface area contributed by atoms with E-state index in [2.05, 4.69) is 22.8 Å². The fraction of sp³-hybridized carbons (Fsp3) is 0.391. The molecule has 0 unspecified atom stereocenters. The number of anilines is 2. The number of rotatable bonds is 7. The van der Waals surface area contributed by atoms with Crippen molar-refractivity contribution in [2.45, 2.75) is 26.2 Å². The number of nitrogens with one attached hydrogen (secondary N) is 2. The molecule has 4 rings (SSSR count). The molecule has 7 heteroatoms. The maximum atomic E-state index is 12.5. The molecule has 0 radical (unpaired) electrons. The van der Waals surface area contributed by atoms with Crippen molar-refractivity contribution in [3.05, 3.63) is 47.5 Å². The van der Waals surface area contributed by atoms with E-state index < -0.39 is 0 Å². The Labute approximate surface area is 176 Å². The van der Waals surface area contributed by atoms with Crippen LogP contribution in [0, 0.1) is 0 Å². The summed E-state index contributed by atoms with van der Waals surface area (Å²) in [5.74, 6) is 0.999. The van der Waals surface area contributed by atoms with Crippen molar-refractivity contribution in [1.82, 2.24) is 4.90 Å². The minimum atomic E-state index is -0.182. The van der Waals surface area contributed by atoms with E-state index in [9.17, 15) is 9.59 Å². The Kier molecular flexibility index (Phi) is 6.18. The third-order valence-corrected chi connectivity index (χ3v) is 5.39. The highest BCUT2D eigenvalue weighted by Gasteiger charge is 2.17. The summed E-state index contributed by atoms with van der Waals surface area (Å²) in [6, 6.07) is 11.4. The Morgan fingerprint density at radius 3 is 2.23 bits per heavy atom. The van der Waals surface area contributed by atoms with E-state index in [-0.39, 0.29) is 24.9 Å². The van der Waals surface area contributed by atoms with Crippen LogP contribution in [0.1, 0.15) is 24.5 Å². The zero-order chi connectivity index (χ0) is 20.9. The van der Waals surface area contributed by atoms with Gasteiger partial charge in [-0.3, -0.25) is 14.5 Å². The molecule has 1 aliphatic carbocycles. The molecule has 0 aromatic heterocycles. The summed E-state index contributed by atoms with van der Waals surface area (Å²) in [5.41, 5.74) is 4.15. The number of ether oxygens (including phenoxy) is 2. The number of aryl methyl sites for hydroxylation is 2. The lowest BCUT2D eigenvalue weighted by molar-refractivity contribution is -0.119. The molecule has 30 heavy (non-hydrogen) atoms. The van der Waals surface area contributed by atoms with E-state index >= 15 is 0 Å². The molecule has 2 aliphatic rings. The fourth-order valence-electron chi connectivity index (χ4n) is 3.86. The van der Waals surface area contributed by atoms with Crippen LogP contribution in [0.2, 0.25) is 0 Å². The van der Waals surface area contributed by atoms with Crippen molar-refractivity contribution < 1.29 is 19.1 Å².